The normalized spacial score (nSPS) is 27.4. The third-order valence-electron chi connectivity index (χ3n) is 4.18. The Kier molecular flexibility index (Phi) is 4.22. The summed E-state index contributed by atoms with van der Waals surface area (Å²) in [4.78, 5) is 12.0. The Morgan fingerprint density at radius 3 is 2.40 bits per heavy atom. The van der Waals surface area contributed by atoms with Crippen molar-refractivity contribution in [2.24, 2.45) is 5.92 Å². The van der Waals surface area contributed by atoms with E-state index < -0.39 is 21.9 Å². The van der Waals surface area contributed by atoms with E-state index in [0.29, 0.717) is 36.7 Å². The average Bonchev–Trinajstić information content (AvgIpc) is 2.86. The molecule has 20 heavy (non-hydrogen) atoms. The number of aliphatic carboxylic acids is 1. The average molecular weight is 318 g/mol. The van der Waals surface area contributed by atoms with Gasteiger partial charge in [-0.05, 0) is 26.0 Å². The summed E-state index contributed by atoms with van der Waals surface area (Å²) in [5.41, 5.74) is 0. The van der Waals surface area contributed by atoms with Crippen LogP contribution in [-0.2, 0) is 14.8 Å². The van der Waals surface area contributed by atoms with Crippen LogP contribution in [0, 0.1) is 12.8 Å². The number of carboxylic acid groups (broad SMARTS) is 1. The van der Waals surface area contributed by atoms with Crippen LogP contribution in [0.2, 0.25) is 0 Å². The maximum atomic E-state index is 12.9. The number of piperidine rings is 1. The van der Waals surface area contributed by atoms with Crippen molar-refractivity contribution in [3.63, 3.8) is 0 Å². The zero-order valence-electron chi connectivity index (χ0n) is 11.7. The molecule has 0 aliphatic carbocycles. The molecule has 2 heterocycles. The van der Waals surface area contributed by atoms with E-state index in [-0.39, 0.29) is 3.89 Å². The molecule has 1 aliphatic rings. The smallest absolute Gasteiger partial charge is 0.336 e. The van der Waals surface area contributed by atoms with Crippen LogP contribution in [0.1, 0.15) is 24.6 Å². The Bertz CT molecular complexity index is 598. The lowest BCUT2D eigenvalue weighted by Crippen LogP contribution is -2.57. The molecule has 0 aromatic carbocycles. The minimum Gasteiger partial charge on any atom is -0.481 e. The molecule has 1 fully saturated rings. The fraction of sp³-hybridized carbons (Fsp3) is 0.615. The summed E-state index contributed by atoms with van der Waals surface area (Å²) in [5, 5.41) is 9.05. The van der Waals surface area contributed by atoms with Crippen LogP contribution < -0.4 is 0 Å². The van der Waals surface area contributed by atoms with E-state index in [4.69, 9.17) is 5.11 Å². The highest BCUT2D eigenvalue weighted by atomic mass is 32.2. The minimum atomic E-state index is -3.44. The van der Waals surface area contributed by atoms with Crippen LogP contribution >= 0.6 is 11.3 Å². The van der Waals surface area contributed by atoms with Crippen molar-refractivity contribution in [1.29, 1.82) is 0 Å². The lowest BCUT2D eigenvalue weighted by atomic mass is 9.97. The van der Waals surface area contributed by atoms with Gasteiger partial charge in [0.2, 0.25) is 0 Å². The summed E-state index contributed by atoms with van der Waals surface area (Å²) in [7, 11) is -3.44. The van der Waals surface area contributed by atoms with Crippen molar-refractivity contribution in [2.45, 2.75) is 30.9 Å². The first-order valence-corrected chi connectivity index (χ1v) is 8.98. The SMILES string of the molecule is CC[N+]1(S(=O)(=O)c2ccc(C)s2)CCC(C(=O)O)CC1. The number of quaternary nitrogens is 1. The number of carbonyl (C=O) groups is 1. The number of carboxylic acids is 1. The van der Waals surface area contributed by atoms with Gasteiger partial charge in [-0.15, -0.1) is 11.3 Å². The predicted octanol–water partition coefficient (Wildman–Crippen LogP) is 2.08. The quantitative estimate of drug-likeness (QED) is 0.863. The lowest BCUT2D eigenvalue weighted by molar-refractivity contribution is -0.811. The van der Waals surface area contributed by atoms with Crippen molar-refractivity contribution < 1.29 is 22.2 Å². The highest BCUT2D eigenvalue weighted by molar-refractivity contribution is 7.88. The molecule has 0 atom stereocenters. The van der Waals surface area contributed by atoms with E-state index >= 15 is 0 Å². The molecule has 0 spiro atoms. The summed E-state index contributed by atoms with van der Waals surface area (Å²) >= 11 is 1.29. The molecule has 0 amide bonds. The summed E-state index contributed by atoms with van der Waals surface area (Å²) < 4.78 is 26.1. The summed E-state index contributed by atoms with van der Waals surface area (Å²) in [5.74, 6) is -1.23. The van der Waals surface area contributed by atoms with E-state index in [1.807, 2.05) is 19.9 Å². The molecule has 0 saturated carbocycles. The molecule has 112 valence electrons. The second kappa shape index (κ2) is 5.46. The maximum Gasteiger partial charge on any atom is 0.336 e. The molecule has 1 aromatic rings. The molecule has 0 bridgehead atoms. The molecule has 0 unspecified atom stereocenters. The Hall–Kier alpha value is -0.920. The highest BCUT2D eigenvalue weighted by Crippen LogP contribution is 2.34. The van der Waals surface area contributed by atoms with Gasteiger partial charge in [-0.1, -0.05) is 0 Å². The largest absolute Gasteiger partial charge is 0.481 e. The van der Waals surface area contributed by atoms with Gasteiger partial charge < -0.3 is 5.11 Å². The van der Waals surface area contributed by atoms with Crippen molar-refractivity contribution in [3.05, 3.63) is 17.0 Å². The third-order valence-corrected chi connectivity index (χ3v) is 8.14. The molecule has 2 rings (SSSR count). The third kappa shape index (κ3) is 2.49. The van der Waals surface area contributed by atoms with Gasteiger partial charge in [-0.2, -0.15) is 8.42 Å². The molecule has 7 heteroatoms. The maximum absolute atomic E-state index is 12.9. The van der Waals surface area contributed by atoms with Crippen LogP contribution in [0.25, 0.3) is 0 Å². The Balaban J connectivity index is 2.31. The Morgan fingerprint density at radius 1 is 1.40 bits per heavy atom. The van der Waals surface area contributed by atoms with Gasteiger partial charge in [0.25, 0.3) is 0 Å². The van der Waals surface area contributed by atoms with Crippen molar-refractivity contribution >= 4 is 27.3 Å². The fourth-order valence-corrected chi connectivity index (χ4v) is 6.29. The first kappa shape index (κ1) is 15.5. The van der Waals surface area contributed by atoms with Gasteiger partial charge in [-0.25, -0.2) is 3.89 Å². The first-order valence-electron chi connectivity index (χ1n) is 6.73. The Morgan fingerprint density at radius 2 is 2.00 bits per heavy atom. The molecular formula is C13H20NO4S2+. The number of aryl methyl sites for hydroxylation is 1. The van der Waals surface area contributed by atoms with E-state index in [1.165, 1.54) is 11.3 Å². The van der Waals surface area contributed by atoms with Crippen molar-refractivity contribution in [3.8, 4) is 0 Å². The van der Waals surface area contributed by atoms with Crippen LogP contribution in [0.4, 0.5) is 0 Å². The molecule has 0 radical (unpaired) electrons. The second-order valence-electron chi connectivity index (χ2n) is 5.27. The van der Waals surface area contributed by atoms with Gasteiger partial charge in [0, 0.05) is 17.7 Å². The van der Waals surface area contributed by atoms with Crippen molar-refractivity contribution in [2.75, 3.05) is 19.6 Å². The number of hydrogen-bond donors (Lipinski definition) is 1. The molecule has 1 N–H and O–H groups in total. The summed E-state index contributed by atoms with van der Waals surface area (Å²) in [6, 6.07) is 3.47. The van der Waals surface area contributed by atoms with E-state index in [0.717, 1.165) is 4.88 Å². The molecule has 5 nitrogen and oxygen atoms in total. The number of sulfonamides is 1. The molecule has 1 aromatic heterocycles. The van der Waals surface area contributed by atoms with Crippen LogP contribution in [-0.4, -0.2) is 43.0 Å². The number of rotatable bonds is 4. The lowest BCUT2D eigenvalue weighted by Gasteiger charge is -2.39. The van der Waals surface area contributed by atoms with E-state index in [9.17, 15) is 13.2 Å². The minimum absolute atomic E-state index is 0.0171. The number of hydrogen-bond acceptors (Lipinski definition) is 4. The highest BCUT2D eigenvalue weighted by Gasteiger charge is 2.46. The fourth-order valence-electron chi connectivity index (χ4n) is 2.75. The molecular weight excluding hydrogens is 298 g/mol. The van der Waals surface area contributed by atoms with Gasteiger partial charge in [0.1, 0.15) is 0 Å². The predicted molar refractivity (Wildman–Crippen MR) is 77.1 cm³/mol. The summed E-state index contributed by atoms with van der Waals surface area (Å²) in [6.45, 7) is 4.99. The van der Waals surface area contributed by atoms with E-state index in [2.05, 4.69) is 0 Å². The van der Waals surface area contributed by atoms with Gasteiger partial charge in [-0.3, -0.25) is 4.79 Å². The zero-order chi connectivity index (χ0) is 15.0. The second-order valence-corrected chi connectivity index (χ2v) is 8.99. The standard InChI is InChI=1S/C13H19NO4S2/c1-3-14(8-6-11(7-9-14)13(15)16)20(17,18)12-5-4-10(2)19-12/h4-5,11H,3,6-9H2,1-2H3/p+1. The van der Waals surface area contributed by atoms with Gasteiger partial charge in [0.15, 0.2) is 4.21 Å². The zero-order valence-corrected chi connectivity index (χ0v) is 13.3. The van der Waals surface area contributed by atoms with Crippen LogP contribution in [0.3, 0.4) is 0 Å². The number of likely N-dealkylation sites (tertiary alicyclic amines) is 1. The Labute approximate surface area is 123 Å². The number of thiophene rings is 1. The summed E-state index contributed by atoms with van der Waals surface area (Å²) in [6.07, 6.45) is 0.847. The van der Waals surface area contributed by atoms with Crippen LogP contribution in [0.5, 0.6) is 0 Å². The first-order chi connectivity index (χ1) is 9.32. The molecule has 1 aliphatic heterocycles. The monoisotopic (exact) mass is 318 g/mol. The van der Waals surface area contributed by atoms with Crippen LogP contribution in [0.15, 0.2) is 16.3 Å². The topological polar surface area (TPSA) is 71.4 Å². The van der Waals surface area contributed by atoms with Gasteiger partial charge >= 0.3 is 16.0 Å². The van der Waals surface area contributed by atoms with Crippen molar-refractivity contribution in [1.82, 2.24) is 0 Å². The van der Waals surface area contributed by atoms with E-state index in [1.54, 1.807) is 6.07 Å². The van der Waals surface area contributed by atoms with Gasteiger partial charge in [0.05, 0.1) is 25.6 Å². The number of nitrogens with zero attached hydrogens (tertiary/aromatic N) is 1. The molecule has 1 saturated heterocycles.